The van der Waals surface area contributed by atoms with Crippen LogP contribution in [0.15, 0.2) is 18.5 Å². The maximum absolute atomic E-state index is 12.6. The van der Waals surface area contributed by atoms with Gasteiger partial charge in [-0.25, -0.2) is 9.50 Å². The molecule has 2 aromatic rings. The number of alkyl halides is 3. The first kappa shape index (κ1) is 14.6. The highest BCUT2D eigenvalue weighted by Gasteiger charge is 2.34. The SMILES string of the molecule is CCC(N)CCNc1nccn2nc(C(F)(F)F)cc12. The molecule has 0 saturated carbocycles. The molecule has 0 aromatic carbocycles. The topological polar surface area (TPSA) is 68.2 Å². The van der Waals surface area contributed by atoms with E-state index in [-0.39, 0.29) is 6.04 Å². The van der Waals surface area contributed by atoms with E-state index >= 15 is 0 Å². The fourth-order valence-electron chi connectivity index (χ4n) is 1.78. The van der Waals surface area contributed by atoms with E-state index < -0.39 is 11.9 Å². The van der Waals surface area contributed by atoms with Gasteiger partial charge in [0, 0.05) is 31.0 Å². The monoisotopic (exact) mass is 287 g/mol. The number of nitrogens with one attached hydrogen (secondary N) is 1. The summed E-state index contributed by atoms with van der Waals surface area (Å²) >= 11 is 0. The summed E-state index contributed by atoms with van der Waals surface area (Å²) in [5.74, 6) is 0.374. The number of hydrogen-bond donors (Lipinski definition) is 2. The molecule has 2 heterocycles. The molecule has 3 N–H and O–H groups in total. The first-order valence-electron chi connectivity index (χ1n) is 6.33. The van der Waals surface area contributed by atoms with Crippen molar-refractivity contribution in [3.63, 3.8) is 0 Å². The molecule has 0 bridgehead atoms. The quantitative estimate of drug-likeness (QED) is 0.885. The van der Waals surface area contributed by atoms with Crippen LogP contribution in [-0.2, 0) is 6.18 Å². The van der Waals surface area contributed by atoms with Crippen LogP contribution < -0.4 is 11.1 Å². The number of fused-ring (bicyclic) bond motifs is 1. The number of nitrogens with zero attached hydrogens (tertiary/aromatic N) is 3. The third-order valence-corrected chi connectivity index (χ3v) is 3.01. The van der Waals surface area contributed by atoms with E-state index in [9.17, 15) is 13.2 Å². The Balaban J connectivity index is 2.19. The van der Waals surface area contributed by atoms with Crippen LogP contribution in [0.5, 0.6) is 0 Å². The summed E-state index contributed by atoms with van der Waals surface area (Å²) in [6.45, 7) is 2.53. The lowest BCUT2D eigenvalue weighted by atomic mass is 10.2. The summed E-state index contributed by atoms with van der Waals surface area (Å²) in [7, 11) is 0. The summed E-state index contributed by atoms with van der Waals surface area (Å²) in [5, 5.41) is 6.49. The van der Waals surface area contributed by atoms with Gasteiger partial charge in [-0.1, -0.05) is 6.92 Å². The standard InChI is InChI=1S/C12H16F3N5/c1-2-8(16)3-4-17-11-9-7-10(12(13,14)15)19-20(9)6-5-18-11/h5-8H,2-4,16H2,1H3,(H,17,18). The maximum Gasteiger partial charge on any atom is 0.435 e. The van der Waals surface area contributed by atoms with Gasteiger partial charge in [-0.3, -0.25) is 0 Å². The van der Waals surface area contributed by atoms with E-state index in [1.807, 2.05) is 6.92 Å². The molecule has 1 unspecified atom stereocenters. The van der Waals surface area contributed by atoms with Gasteiger partial charge in [0.25, 0.3) is 0 Å². The third kappa shape index (κ3) is 3.19. The Bertz CT molecular complexity index is 578. The van der Waals surface area contributed by atoms with E-state index in [1.165, 1.54) is 12.4 Å². The minimum atomic E-state index is -4.46. The number of halogens is 3. The van der Waals surface area contributed by atoms with Crippen molar-refractivity contribution in [3.8, 4) is 0 Å². The second-order valence-corrected chi connectivity index (χ2v) is 4.52. The van der Waals surface area contributed by atoms with E-state index in [4.69, 9.17) is 5.73 Å². The van der Waals surface area contributed by atoms with E-state index in [0.717, 1.165) is 23.4 Å². The number of anilines is 1. The van der Waals surface area contributed by atoms with Crippen molar-refractivity contribution in [2.45, 2.75) is 32.0 Å². The Morgan fingerprint density at radius 3 is 2.85 bits per heavy atom. The van der Waals surface area contributed by atoms with Crippen molar-refractivity contribution >= 4 is 11.3 Å². The molecule has 1 atom stereocenters. The third-order valence-electron chi connectivity index (χ3n) is 3.01. The number of hydrogen-bond acceptors (Lipinski definition) is 4. The molecule has 0 amide bonds. The van der Waals surface area contributed by atoms with Crippen molar-refractivity contribution in [3.05, 3.63) is 24.2 Å². The molecule has 0 aliphatic heterocycles. The second-order valence-electron chi connectivity index (χ2n) is 4.52. The minimum absolute atomic E-state index is 0.0675. The smallest absolute Gasteiger partial charge is 0.368 e. The molecular weight excluding hydrogens is 271 g/mol. The van der Waals surface area contributed by atoms with Gasteiger partial charge in [0.2, 0.25) is 0 Å². The molecule has 2 aromatic heterocycles. The average Bonchev–Trinajstić information content (AvgIpc) is 2.83. The van der Waals surface area contributed by atoms with Gasteiger partial charge < -0.3 is 11.1 Å². The maximum atomic E-state index is 12.6. The second kappa shape index (κ2) is 5.66. The molecule has 110 valence electrons. The van der Waals surface area contributed by atoms with Gasteiger partial charge in [0.05, 0.1) is 0 Å². The molecule has 2 rings (SSSR count). The first-order valence-corrected chi connectivity index (χ1v) is 6.33. The van der Waals surface area contributed by atoms with Crippen LogP contribution in [0.1, 0.15) is 25.5 Å². The van der Waals surface area contributed by atoms with Crippen LogP contribution in [0.2, 0.25) is 0 Å². The van der Waals surface area contributed by atoms with Crippen molar-refractivity contribution in [2.75, 3.05) is 11.9 Å². The average molecular weight is 287 g/mol. The molecular formula is C12H16F3N5. The first-order chi connectivity index (χ1) is 9.41. The van der Waals surface area contributed by atoms with Gasteiger partial charge in [-0.2, -0.15) is 18.3 Å². The van der Waals surface area contributed by atoms with Gasteiger partial charge >= 0.3 is 6.18 Å². The Hall–Kier alpha value is -1.83. The highest BCUT2D eigenvalue weighted by Crippen LogP contribution is 2.29. The Morgan fingerprint density at radius 1 is 1.45 bits per heavy atom. The van der Waals surface area contributed by atoms with Crippen LogP contribution in [-0.4, -0.2) is 27.2 Å². The highest BCUT2D eigenvalue weighted by molar-refractivity contribution is 5.67. The summed E-state index contributed by atoms with van der Waals surface area (Å²) in [4.78, 5) is 4.04. The lowest BCUT2D eigenvalue weighted by molar-refractivity contribution is -0.141. The predicted molar refractivity (Wildman–Crippen MR) is 69.4 cm³/mol. The largest absolute Gasteiger partial charge is 0.435 e. The number of aromatic nitrogens is 3. The van der Waals surface area contributed by atoms with E-state index in [0.29, 0.717) is 17.9 Å². The van der Waals surface area contributed by atoms with Crippen molar-refractivity contribution in [2.24, 2.45) is 5.73 Å². The minimum Gasteiger partial charge on any atom is -0.368 e. The molecule has 8 heteroatoms. The van der Waals surface area contributed by atoms with E-state index in [2.05, 4.69) is 15.4 Å². The summed E-state index contributed by atoms with van der Waals surface area (Å²) in [6.07, 6.45) is -0.104. The van der Waals surface area contributed by atoms with Gasteiger partial charge in [0.15, 0.2) is 11.5 Å². The zero-order chi connectivity index (χ0) is 14.8. The fourth-order valence-corrected chi connectivity index (χ4v) is 1.78. The van der Waals surface area contributed by atoms with Crippen LogP contribution in [0.25, 0.3) is 5.52 Å². The van der Waals surface area contributed by atoms with Crippen molar-refractivity contribution in [1.29, 1.82) is 0 Å². The molecule has 0 spiro atoms. The normalized spacial score (nSPS) is 13.7. The van der Waals surface area contributed by atoms with Crippen LogP contribution in [0.4, 0.5) is 19.0 Å². The summed E-state index contributed by atoms with van der Waals surface area (Å²) in [5.41, 5.74) is 5.15. The van der Waals surface area contributed by atoms with Crippen LogP contribution >= 0.6 is 0 Å². The Labute approximate surface area is 114 Å². The summed E-state index contributed by atoms with van der Waals surface area (Å²) in [6, 6.07) is 1.05. The van der Waals surface area contributed by atoms with Gasteiger partial charge in [0.1, 0.15) is 5.52 Å². The molecule has 0 aliphatic carbocycles. The molecule has 0 fully saturated rings. The molecule has 5 nitrogen and oxygen atoms in total. The summed E-state index contributed by atoms with van der Waals surface area (Å²) < 4.78 is 39.0. The Morgan fingerprint density at radius 2 is 2.20 bits per heavy atom. The Kier molecular flexibility index (Phi) is 4.12. The van der Waals surface area contributed by atoms with Gasteiger partial charge in [-0.15, -0.1) is 0 Å². The fraction of sp³-hybridized carbons (Fsp3) is 0.500. The number of rotatable bonds is 5. The van der Waals surface area contributed by atoms with Crippen LogP contribution in [0, 0.1) is 0 Å². The number of nitrogens with two attached hydrogens (primary N) is 1. The highest BCUT2D eigenvalue weighted by atomic mass is 19.4. The zero-order valence-electron chi connectivity index (χ0n) is 11.0. The van der Waals surface area contributed by atoms with Gasteiger partial charge in [-0.05, 0) is 12.8 Å². The predicted octanol–water partition coefficient (Wildman–Crippen LogP) is 2.29. The molecule has 0 radical (unpaired) electrons. The zero-order valence-corrected chi connectivity index (χ0v) is 11.0. The van der Waals surface area contributed by atoms with Crippen molar-refractivity contribution in [1.82, 2.24) is 14.6 Å². The lowest BCUT2D eigenvalue weighted by Gasteiger charge is -2.10. The van der Waals surface area contributed by atoms with E-state index in [1.54, 1.807) is 0 Å². The lowest BCUT2D eigenvalue weighted by Crippen LogP contribution is -2.22. The molecule has 20 heavy (non-hydrogen) atoms. The molecule has 0 aliphatic rings. The van der Waals surface area contributed by atoms with Crippen molar-refractivity contribution < 1.29 is 13.2 Å². The van der Waals surface area contributed by atoms with Crippen LogP contribution in [0.3, 0.4) is 0 Å². The molecule has 0 saturated heterocycles.